The monoisotopic (exact) mass is 419 g/mol. The highest BCUT2D eigenvalue weighted by Crippen LogP contribution is 2.29. The van der Waals surface area contributed by atoms with Crippen LogP contribution in [0.3, 0.4) is 0 Å². The van der Waals surface area contributed by atoms with Crippen LogP contribution in [0.15, 0.2) is 37.1 Å². The van der Waals surface area contributed by atoms with Crippen molar-refractivity contribution >= 4 is 38.6 Å². The maximum atomic E-state index is 12.8. The van der Waals surface area contributed by atoms with Crippen molar-refractivity contribution in [1.82, 2.24) is 14.7 Å². The molecule has 0 radical (unpaired) electrons. The molecule has 1 aliphatic rings. The molecule has 3 aromatic rings. The number of benzene rings is 1. The van der Waals surface area contributed by atoms with Gasteiger partial charge in [-0.05, 0) is 44.4 Å². The summed E-state index contributed by atoms with van der Waals surface area (Å²) in [6.07, 6.45) is 4.38. The first kappa shape index (κ1) is 16.8. The number of hydrogen-bond donors (Lipinski definition) is 0. The highest BCUT2D eigenvalue weighted by Gasteiger charge is 2.20. The molecule has 5 nitrogen and oxygen atoms in total. The van der Waals surface area contributed by atoms with Crippen LogP contribution in [0.4, 0.5) is 0 Å². The number of aryl methyl sites for hydroxylation is 1. The first-order valence-corrected chi connectivity index (χ1v) is 10.2. The molecule has 0 saturated heterocycles. The summed E-state index contributed by atoms with van der Waals surface area (Å²) in [6.45, 7) is 2.56. The Balaban J connectivity index is 1.68. The average molecular weight is 420 g/mol. The molecule has 25 heavy (non-hydrogen) atoms. The van der Waals surface area contributed by atoms with Crippen LogP contribution in [0, 0.1) is 0 Å². The molecule has 0 spiro atoms. The fraction of sp³-hybridized carbons (Fsp3) is 0.389. The van der Waals surface area contributed by atoms with Crippen LogP contribution < -0.4 is 5.56 Å². The number of aromatic nitrogens is 3. The number of thioether (sulfide) groups is 1. The summed E-state index contributed by atoms with van der Waals surface area (Å²) in [5, 5.41) is 5.62. The molecule has 0 N–H and O–H groups in total. The maximum Gasteiger partial charge on any atom is 0.262 e. The Hall–Kier alpha value is -1.60. The minimum Gasteiger partial charge on any atom is -0.361 e. The van der Waals surface area contributed by atoms with Crippen molar-refractivity contribution in [3.8, 4) is 0 Å². The Morgan fingerprint density at radius 1 is 1.32 bits per heavy atom. The second kappa shape index (κ2) is 6.96. The number of halogens is 1. The Labute approximate surface area is 157 Å². The molecular formula is C18H18BrN3O2S. The number of hydrogen-bond acceptors (Lipinski definition) is 5. The molecule has 1 aromatic carbocycles. The fourth-order valence-electron chi connectivity index (χ4n) is 3.26. The fourth-order valence-corrected chi connectivity index (χ4v) is 4.64. The summed E-state index contributed by atoms with van der Waals surface area (Å²) >= 11 is 4.98. The first-order chi connectivity index (χ1) is 12.2. The van der Waals surface area contributed by atoms with Gasteiger partial charge in [0.15, 0.2) is 5.16 Å². The van der Waals surface area contributed by atoms with Gasteiger partial charge in [0.25, 0.3) is 5.56 Å². The smallest absolute Gasteiger partial charge is 0.262 e. The zero-order valence-electron chi connectivity index (χ0n) is 13.9. The van der Waals surface area contributed by atoms with E-state index in [2.05, 4.69) is 21.1 Å². The third-order valence-electron chi connectivity index (χ3n) is 4.57. The van der Waals surface area contributed by atoms with E-state index in [0.29, 0.717) is 17.7 Å². The molecule has 0 bridgehead atoms. The van der Waals surface area contributed by atoms with Gasteiger partial charge in [0.1, 0.15) is 5.76 Å². The lowest BCUT2D eigenvalue weighted by Gasteiger charge is -2.12. The third-order valence-corrected chi connectivity index (χ3v) is 6.05. The minimum atomic E-state index is -0.00141. The Bertz CT molecular complexity index is 996. The Morgan fingerprint density at radius 2 is 2.16 bits per heavy atom. The normalized spacial score (nSPS) is 14.0. The van der Waals surface area contributed by atoms with Gasteiger partial charge < -0.3 is 4.52 Å². The molecule has 0 aliphatic heterocycles. The molecule has 130 valence electrons. The van der Waals surface area contributed by atoms with Crippen LogP contribution in [-0.4, -0.2) is 14.7 Å². The Morgan fingerprint density at radius 3 is 3.00 bits per heavy atom. The summed E-state index contributed by atoms with van der Waals surface area (Å²) in [4.78, 5) is 17.5. The molecule has 2 aromatic heterocycles. The van der Waals surface area contributed by atoms with Crippen LogP contribution in [0.25, 0.3) is 10.9 Å². The van der Waals surface area contributed by atoms with Crippen LogP contribution in [0.1, 0.15) is 36.8 Å². The lowest BCUT2D eigenvalue weighted by molar-refractivity contribution is 0.369. The predicted octanol–water partition coefficient (Wildman–Crippen LogP) is 4.34. The van der Waals surface area contributed by atoms with Crippen molar-refractivity contribution in [2.24, 2.45) is 0 Å². The van der Waals surface area contributed by atoms with Crippen molar-refractivity contribution in [2.75, 3.05) is 0 Å². The standard InChI is InChI=1S/C18H18BrN3O2S/c1-2-22-17(23)13-9-11(19)7-8-14(13)20-18(22)25-10-15-12-5-3-4-6-16(12)24-21-15/h7-9H,2-6,10H2,1H3. The van der Waals surface area contributed by atoms with Crippen molar-refractivity contribution < 1.29 is 4.52 Å². The van der Waals surface area contributed by atoms with Crippen LogP contribution in [0.5, 0.6) is 0 Å². The molecule has 1 aliphatic carbocycles. The minimum absolute atomic E-state index is 0.00141. The summed E-state index contributed by atoms with van der Waals surface area (Å²) in [6, 6.07) is 5.62. The van der Waals surface area contributed by atoms with Crippen molar-refractivity contribution in [2.45, 2.75) is 50.1 Å². The van der Waals surface area contributed by atoms with E-state index >= 15 is 0 Å². The van der Waals surface area contributed by atoms with E-state index in [0.717, 1.165) is 39.4 Å². The van der Waals surface area contributed by atoms with Gasteiger partial charge in [-0.3, -0.25) is 9.36 Å². The quantitative estimate of drug-likeness (QED) is 0.464. The van der Waals surface area contributed by atoms with E-state index < -0.39 is 0 Å². The van der Waals surface area contributed by atoms with Gasteiger partial charge in [0, 0.05) is 28.8 Å². The molecule has 7 heteroatoms. The number of fused-ring (bicyclic) bond motifs is 2. The van der Waals surface area contributed by atoms with E-state index in [4.69, 9.17) is 9.51 Å². The van der Waals surface area contributed by atoms with Crippen LogP contribution >= 0.6 is 27.7 Å². The first-order valence-electron chi connectivity index (χ1n) is 8.46. The van der Waals surface area contributed by atoms with E-state index in [-0.39, 0.29) is 5.56 Å². The molecule has 0 unspecified atom stereocenters. The SMILES string of the molecule is CCn1c(SCc2noc3c2CCCC3)nc2ccc(Br)cc2c1=O. The lowest BCUT2D eigenvalue weighted by atomic mass is 9.97. The van der Waals surface area contributed by atoms with E-state index in [9.17, 15) is 4.79 Å². The average Bonchev–Trinajstić information content (AvgIpc) is 3.04. The van der Waals surface area contributed by atoms with Gasteiger partial charge >= 0.3 is 0 Å². The maximum absolute atomic E-state index is 12.8. The van der Waals surface area contributed by atoms with E-state index in [1.165, 1.54) is 18.4 Å². The second-order valence-corrected chi connectivity index (χ2v) is 7.99. The zero-order valence-corrected chi connectivity index (χ0v) is 16.3. The Kier molecular flexibility index (Phi) is 4.69. The molecule has 0 atom stereocenters. The van der Waals surface area contributed by atoms with Gasteiger partial charge in [-0.15, -0.1) is 0 Å². The largest absolute Gasteiger partial charge is 0.361 e. The lowest BCUT2D eigenvalue weighted by Crippen LogP contribution is -2.22. The van der Waals surface area contributed by atoms with Crippen molar-refractivity contribution in [3.05, 3.63) is 50.0 Å². The van der Waals surface area contributed by atoms with Gasteiger partial charge in [-0.2, -0.15) is 0 Å². The van der Waals surface area contributed by atoms with E-state index in [1.807, 2.05) is 25.1 Å². The number of nitrogens with zero attached hydrogens (tertiary/aromatic N) is 3. The summed E-state index contributed by atoms with van der Waals surface area (Å²) in [7, 11) is 0. The molecule has 0 fully saturated rings. The van der Waals surface area contributed by atoms with E-state index in [1.54, 1.807) is 16.3 Å². The van der Waals surface area contributed by atoms with Crippen molar-refractivity contribution in [1.29, 1.82) is 0 Å². The third kappa shape index (κ3) is 3.15. The second-order valence-electron chi connectivity index (χ2n) is 6.13. The van der Waals surface area contributed by atoms with Crippen LogP contribution in [0.2, 0.25) is 0 Å². The highest BCUT2D eigenvalue weighted by molar-refractivity contribution is 9.10. The van der Waals surface area contributed by atoms with Crippen molar-refractivity contribution in [3.63, 3.8) is 0 Å². The topological polar surface area (TPSA) is 60.9 Å². The molecule has 2 heterocycles. The zero-order chi connectivity index (χ0) is 17.4. The number of rotatable bonds is 4. The molecule has 0 amide bonds. The molecule has 0 saturated carbocycles. The molecular weight excluding hydrogens is 402 g/mol. The van der Waals surface area contributed by atoms with Gasteiger partial charge in [-0.25, -0.2) is 4.98 Å². The van der Waals surface area contributed by atoms with Crippen LogP contribution in [-0.2, 0) is 25.1 Å². The van der Waals surface area contributed by atoms with Gasteiger partial charge in [0.2, 0.25) is 0 Å². The highest BCUT2D eigenvalue weighted by atomic mass is 79.9. The van der Waals surface area contributed by atoms with Gasteiger partial charge in [0.05, 0.1) is 16.6 Å². The molecule has 4 rings (SSSR count). The summed E-state index contributed by atoms with van der Waals surface area (Å²) < 4.78 is 8.10. The predicted molar refractivity (Wildman–Crippen MR) is 102 cm³/mol. The van der Waals surface area contributed by atoms with Gasteiger partial charge in [-0.1, -0.05) is 32.8 Å². The summed E-state index contributed by atoms with van der Waals surface area (Å²) in [5.41, 5.74) is 2.97. The summed E-state index contributed by atoms with van der Waals surface area (Å²) in [5.74, 6) is 1.71.